The lowest BCUT2D eigenvalue weighted by Gasteiger charge is -2.10. The molecule has 110 valence electrons. The van der Waals surface area contributed by atoms with Gasteiger partial charge in [0.05, 0.1) is 13.0 Å². The number of benzene rings is 1. The molecular weight excluding hydrogens is 265 g/mol. The van der Waals surface area contributed by atoms with E-state index >= 15 is 0 Å². The molecule has 0 heterocycles. The zero-order valence-electron chi connectivity index (χ0n) is 11.5. The number of halogens is 1. The number of hydrogen-bond donors (Lipinski definition) is 2. The molecule has 1 rings (SSSR count). The van der Waals surface area contributed by atoms with Crippen molar-refractivity contribution < 1.29 is 23.8 Å². The minimum Gasteiger partial charge on any atom is -0.496 e. The molecule has 1 aromatic carbocycles. The Kier molecular flexibility index (Phi) is 5.96. The number of carboxylic acids is 1. The fourth-order valence-electron chi connectivity index (χ4n) is 1.72. The Bertz CT molecular complexity index is 490. The molecule has 0 aliphatic rings. The Morgan fingerprint density at radius 2 is 2.15 bits per heavy atom. The first-order valence-corrected chi connectivity index (χ1v) is 6.31. The van der Waals surface area contributed by atoms with Crippen LogP contribution in [0.2, 0.25) is 0 Å². The van der Waals surface area contributed by atoms with Crippen molar-refractivity contribution in [1.29, 1.82) is 0 Å². The van der Waals surface area contributed by atoms with Crippen LogP contribution < -0.4 is 10.1 Å². The van der Waals surface area contributed by atoms with Gasteiger partial charge in [-0.2, -0.15) is 0 Å². The molecule has 0 saturated carbocycles. The topological polar surface area (TPSA) is 75.6 Å². The number of aliphatic carboxylic acids is 1. The maximum atomic E-state index is 13.6. The molecule has 5 nitrogen and oxygen atoms in total. The number of carbonyl (C=O) groups is 2. The maximum absolute atomic E-state index is 13.6. The number of ether oxygens (including phenoxy) is 1. The van der Waals surface area contributed by atoms with Crippen molar-refractivity contribution in [3.8, 4) is 5.75 Å². The maximum Gasteiger partial charge on any atom is 0.306 e. The van der Waals surface area contributed by atoms with Crippen molar-refractivity contribution in [2.75, 3.05) is 13.7 Å². The van der Waals surface area contributed by atoms with E-state index in [2.05, 4.69) is 5.32 Å². The van der Waals surface area contributed by atoms with Gasteiger partial charge in [-0.1, -0.05) is 13.0 Å². The Morgan fingerprint density at radius 1 is 1.45 bits per heavy atom. The first-order valence-electron chi connectivity index (χ1n) is 6.31. The molecule has 0 bridgehead atoms. The molecule has 20 heavy (non-hydrogen) atoms. The molecule has 0 aliphatic carbocycles. The number of carbonyl (C=O) groups excluding carboxylic acids is 1. The highest BCUT2D eigenvalue weighted by molar-refractivity contribution is 5.97. The van der Waals surface area contributed by atoms with Gasteiger partial charge in [-0.3, -0.25) is 9.59 Å². The minimum absolute atomic E-state index is 0.138. The summed E-state index contributed by atoms with van der Waals surface area (Å²) in [6, 6.07) is 4.15. The number of carboxylic acid groups (broad SMARTS) is 1. The summed E-state index contributed by atoms with van der Waals surface area (Å²) in [5.41, 5.74) is -0.138. The Hall–Kier alpha value is -2.11. The van der Waals surface area contributed by atoms with Crippen LogP contribution in [-0.2, 0) is 4.79 Å². The van der Waals surface area contributed by atoms with Gasteiger partial charge in [-0.25, -0.2) is 4.39 Å². The fraction of sp³-hybridized carbons (Fsp3) is 0.429. The first-order chi connectivity index (χ1) is 9.47. The highest BCUT2D eigenvalue weighted by atomic mass is 19.1. The lowest BCUT2D eigenvalue weighted by Crippen LogP contribution is -2.26. The molecule has 0 spiro atoms. The molecule has 2 N–H and O–H groups in total. The van der Waals surface area contributed by atoms with Crippen molar-refractivity contribution in [3.05, 3.63) is 29.6 Å². The summed E-state index contributed by atoms with van der Waals surface area (Å²) >= 11 is 0. The van der Waals surface area contributed by atoms with Crippen LogP contribution in [0, 0.1) is 11.7 Å². The van der Waals surface area contributed by atoms with Crippen LogP contribution in [0.3, 0.4) is 0 Å². The van der Waals surface area contributed by atoms with E-state index in [9.17, 15) is 14.0 Å². The second kappa shape index (κ2) is 7.47. The predicted molar refractivity (Wildman–Crippen MR) is 71.3 cm³/mol. The third-order valence-electron chi connectivity index (χ3n) is 2.94. The van der Waals surface area contributed by atoms with Crippen molar-refractivity contribution >= 4 is 11.9 Å². The molecule has 0 aliphatic heterocycles. The second-order valence-corrected chi connectivity index (χ2v) is 4.45. The Labute approximate surface area is 116 Å². The van der Waals surface area contributed by atoms with Gasteiger partial charge in [-0.15, -0.1) is 0 Å². The standard InChI is InChI=1S/C14H18FNO4/c1-9(14(18)19)5-4-8-16-13(17)12-10(15)6-3-7-11(12)20-2/h3,6-7,9H,4-5,8H2,1-2H3,(H,16,17)(H,18,19). The van der Waals surface area contributed by atoms with Crippen molar-refractivity contribution in [2.45, 2.75) is 19.8 Å². The normalized spacial score (nSPS) is 11.8. The number of nitrogens with one attached hydrogen (secondary N) is 1. The third-order valence-corrected chi connectivity index (χ3v) is 2.94. The van der Waals surface area contributed by atoms with Crippen LogP contribution in [0.4, 0.5) is 4.39 Å². The number of rotatable bonds is 7. The van der Waals surface area contributed by atoms with Crippen LogP contribution in [0.25, 0.3) is 0 Å². The monoisotopic (exact) mass is 283 g/mol. The van der Waals surface area contributed by atoms with E-state index < -0.39 is 23.6 Å². The number of amides is 1. The zero-order valence-corrected chi connectivity index (χ0v) is 11.5. The lowest BCUT2D eigenvalue weighted by molar-refractivity contribution is -0.141. The summed E-state index contributed by atoms with van der Waals surface area (Å²) in [7, 11) is 1.36. The van der Waals surface area contributed by atoms with Crippen LogP contribution in [-0.4, -0.2) is 30.6 Å². The average Bonchev–Trinajstić information content (AvgIpc) is 2.42. The SMILES string of the molecule is COc1cccc(F)c1C(=O)NCCCC(C)C(=O)O. The highest BCUT2D eigenvalue weighted by Gasteiger charge is 2.17. The molecular formula is C14H18FNO4. The van der Waals surface area contributed by atoms with E-state index in [0.29, 0.717) is 12.8 Å². The smallest absolute Gasteiger partial charge is 0.306 e. The van der Waals surface area contributed by atoms with Gasteiger partial charge in [0.1, 0.15) is 17.1 Å². The molecule has 0 aromatic heterocycles. The van der Waals surface area contributed by atoms with E-state index in [1.54, 1.807) is 6.92 Å². The minimum atomic E-state index is -0.868. The first kappa shape index (κ1) is 15.9. The molecule has 6 heteroatoms. The van der Waals surface area contributed by atoms with Crippen LogP contribution in [0.15, 0.2) is 18.2 Å². The summed E-state index contributed by atoms with van der Waals surface area (Å²) in [6.45, 7) is 1.89. The van der Waals surface area contributed by atoms with Gasteiger partial charge in [-0.05, 0) is 25.0 Å². The van der Waals surface area contributed by atoms with Gasteiger partial charge in [0.25, 0.3) is 5.91 Å². The molecule has 1 unspecified atom stereocenters. The van der Waals surface area contributed by atoms with E-state index in [1.165, 1.54) is 25.3 Å². The lowest BCUT2D eigenvalue weighted by atomic mass is 10.1. The molecule has 1 aromatic rings. The van der Waals surface area contributed by atoms with E-state index in [4.69, 9.17) is 9.84 Å². The van der Waals surface area contributed by atoms with E-state index in [0.717, 1.165) is 0 Å². The summed E-state index contributed by atoms with van der Waals surface area (Å²) in [5, 5.41) is 11.3. The molecule has 1 amide bonds. The second-order valence-electron chi connectivity index (χ2n) is 4.45. The summed E-state index contributed by atoms with van der Waals surface area (Å²) < 4.78 is 18.6. The molecule has 0 fully saturated rings. The van der Waals surface area contributed by atoms with Crippen LogP contribution >= 0.6 is 0 Å². The van der Waals surface area contributed by atoms with Gasteiger partial charge >= 0.3 is 5.97 Å². The summed E-state index contributed by atoms with van der Waals surface area (Å²) in [4.78, 5) is 22.5. The molecule has 0 radical (unpaired) electrons. The average molecular weight is 283 g/mol. The summed E-state index contributed by atoms with van der Waals surface area (Å²) in [5.74, 6) is -2.38. The quantitative estimate of drug-likeness (QED) is 0.751. The number of methoxy groups -OCH3 is 1. The van der Waals surface area contributed by atoms with Crippen molar-refractivity contribution in [1.82, 2.24) is 5.32 Å². The molecule has 1 atom stereocenters. The predicted octanol–water partition coefficient (Wildman–Crippen LogP) is 2.06. The molecule has 0 saturated heterocycles. The van der Waals surface area contributed by atoms with E-state index in [-0.39, 0.29) is 17.9 Å². The van der Waals surface area contributed by atoms with Gasteiger partial charge < -0.3 is 15.2 Å². The Morgan fingerprint density at radius 3 is 2.75 bits per heavy atom. The Balaban J connectivity index is 2.54. The van der Waals surface area contributed by atoms with Gasteiger partial charge in [0, 0.05) is 6.54 Å². The van der Waals surface area contributed by atoms with E-state index in [1.807, 2.05) is 0 Å². The summed E-state index contributed by atoms with van der Waals surface area (Å²) in [6.07, 6.45) is 0.958. The highest BCUT2D eigenvalue weighted by Crippen LogP contribution is 2.20. The van der Waals surface area contributed by atoms with Gasteiger partial charge in [0.2, 0.25) is 0 Å². The van der Waals surface area contributed by atoms with Crippen LogP contribution in [0.1, 0.15) is 30.1 Å². The van der Waals surface area contributed by atoms with Gasteiger partial charge in [0.15, 0.2) is 0 Å². The van der Waals surface area contributed by atoms with Crippen molar-refractivity contribution in [3.63, 3.8) is 0 Å². The fourth-order valence-corrected chi connectivity index (χ4v) is 1.72. The number of hydrogen-bond acceptors (Lipinski definition) is 3. The zero-order chi connectivity index (χ0) is 15.1. The third kappa shape index (κ3) is 4.22. The van der Waals surface area contributed by atoms with Crippen LogP contribution in [0.5, 0.6) is 5.75 Å². The largest absolute Gasteiger partial charge is 0.496 e. The van der Waals surface area contributed by atoms with Crippen molar-refractivity contribution in [2.24, 2.45) is 5.92 Å².